The number of unbranched alkanes of at least 4 members (excludes halogenated alkanes) is 18. The average molecular weight is 904 g/mol. The lowest BCUT2D eigenvalue weighted by atomic mass is 10.1. The molecule has 2 unspecified atom stereocenters. The molecule has 0 heterocycles. The van der Waals surface area contributed by atoms with E-state index in [1.807, 2.05) is 72.9 Å². The maximum absolute atomic E-state index is 12.8. The monoisotopic (exact) mass is 904 g/mol. The van der Waals surface area contributed by atoms with Crippen molar-refractivity contribution in [3.8, 4) is 0 Å². The summed E-state index contributed by atoms with van der Waals surface area (Å²) in [6.07, 6.45) is 64.0. The Labute approximate surface area is 398 Å². The van der Waals surface area contributed by atoms with Gasteiger partial charge in [0.2, 0.25) is 0 Å². The third kappa shape index (κ3) is 45.0. The smallest absolute Gasteiger partial charge is 0.306 e. The molecule has 0 saturated carbocycles. The Morgan fingerprint density at radius 3 is 1.42 bits per heavy atom. The van der Waals surface area contributed by atoms with Crippen molar-refractivity contribution in [2.24, 2.45) is 0 Å². The predicted octanol–water partition coefficient (Wildman–Crippen LogP) is 13.5. The van der Waals surface area contributed by atoms with Gasteiger partial charge in [0, 0.05) is 19.3 Å². The fourth-order valence-electron chi connectivity index (χ4n) is 6.91. The van der Waals surface area contributed by atoms with Crippen molar-refractivity contribution in [3.63, 3.8) is 0 Å². The number of quaternary nitrogens is 1. The first-order valence-electron chi connectivity index (χ1n) is 25.5. The second-order valence-corrected chi connectivity index (χ2v) is 17.9. The zero-order chi connectivity index (χ0) is 47.7. The van der Waals surface area contributed by atoms with Crippen LogP contribution in [-0.4, -0.2) is 75.5 Å². The van der Waals surface area contributed by atoms with Gasteiger partial charge in [0.05, 0.1) is 40.3 Å². The third-order valence-electron chi connectivity index (χ3n) is 10.8. The molecule has 0 N–H and O–H groups in total. The number of carboxylic acid groups (broad SMARTS) is 1. The minimum atomic E-state index is -1.14. The molecule has 8 nitrogen and oxygen atoms in total. The summed E-state index contributed by atoms with van der Waals surface area (Å²) in [6, 6.07) is -0.744. The van der Waals surface area contributed by atoms with E-state index >= 15 is 0 Å². The number of rotatable bonds is 44. The molecule has 0 aromatic heterocycles. The lowest BCUT2D eigenvalue weighted by Gasteiger charge is -2.34. The van der Waals surface area contributed by atoms with Gasteiger partial charge in [-0.15, -0.1) is 0 Å². The van der Waals surface area contributed by atoms with Crippen LogP contribution < -0.4 is 5.11 Å². The van der Waals surface area contributed by atoms with Gasteiger partial charge in [0.25, 0.3) is 0 Å². The lowest BCUT2D eigenvalue weighted by molar-refractivity contribution is -0.889. The van der Waals surface area contributed by atoms with Gasteiger partial charge >= 0.3 is 11.9 Å². The molecule has 0 aromatic carbocycles. The van der Waals surface area contributed by atoms with Gasteiger partial charge in [-0.05, 0) is 64.2 Å². The van der Waals surface area contributed by atoms with Gasteiger partial charge in [-0.2, -0.15) is 0 Å². The van der Waals surface area contributed by atoms with Crippen molar-refractivity contribution in [1.82, 2.24) is 0 Å². The molecule has 0 aliphatic heterocycles. The molecule has 0 aromatic rings. The molecule has 0 spiro atoms. The maximum Gasteiger partial charge on any atom is 0.306 e. The normalized spacial score (nSPS) is 13.8. The Balaban J connectivity index is 4.38. The zero-order valence-corrected chi connectivity index (χ0v) is 41.9. The molecule has 0 rings (SSSR count). The van der Waals surface area contributed by atoms with Gasteiger partial charge in [-0.25, -0.2) is 0 Å². The van der Waals surface area contributed by atoms with Crippen LogP contribution in [0.3, 0.4) is 0 Å². The summed E-state index contributed by atoms with van der Waals surface area (Å²) in [5.41, 5.74) is 0. The summed E-state index contributed by atoms with van der Waals surface area (Å²) in [5, 5.41) is 11.7. The second kappa shape index (κ2) is 46.5. The number of likely N-dealkylation sites (N-methyl/N-ethyl adjacent to an activating group) is 1. The molecule has 0 saturated heterocycles. The van der Waals surface area contributed by atoms with Gasteiger partial charge in [-0.1, -0.05) is 207 Å². The van der Waals surface area contributed by atoms with Crippen molar-refractivity contribution < 1.29 is 38.2 Å². The highest BCUT2D eigenvalue weighted by Crippen LogP contribution is 2.14. The number of carboxylic acids is 1. The van der Waals surface area contributed by atoms with Crippen LogP contribution in [0.1, 0.15) is 181 Å². The van der Waals surface area contributed by atoms with Gasteiger partial charge in [0.15, 0.2) is 6.10 Å². The van der Waals surface area contributed by atoms with Crippen LogP contribution in [0.5, 0.6) is 0 Å². The molecule has 0 fully saturated rings. The van der Waals surface area contributed by atoms with E-state index in [1.165, 1.54) is 83.5 Å². The van der Waals surface area contributed by atoms with Crippen LogP contribution >= 0.6 is 0 Å². The van der Waals surface area contributed by atoms with Gasteiger partial charge < -0.3 is 28.6 Å². The molecule has 0 aliphatic rings. The van der Waals surface area contributed by atoms with Crippen LogP contribution in [-0.2, 0) is 28.6 Å². The van der Waals surface area contributed by atoms with Crippen molar-refractivity contribution in [2.75, 3.05) is 41.0 Å². The summed E-state index contributed by atoms with van der Waals surface area (Å²) in [5.74, 6) is -1.82. The number of esters is 2. The summed E-state index contributed by atoms with van der Waals surface area (Å²) < 4.78 is 17.2. The number of ether oxygens (including phenoxy) is 3. The molecule has 8 heteroatoms. The number of hydrogen-bond acceptors (Lipinski definition) is 7. The number of carbonyl (C=O) groups is 3. The van der Waals surface area contributed by atoms with Crippen LogP contribution in [0, 0.1) is 0 Å². The van der Waals surface area contributed by atoms with E-state index in [2.05, 4.69) is 50.3 Å². The van der Waals surface area contributed by atoms with Crippen molar-refractivity contribution in [1.29, 1.82) is 0 Å². The first kappa shape index (κ1) is 61.0. The molecular weight excluding hydrogens is 811 g/mol. The standard InChI is InChI=1S/C57H93NO7/c1-6-8-10-12-14-16-18-20-22-24-26-27-28-30-31-33-35-37-39-41-43-45-47-55(59)64-52-53(51-63-50-49-54(57(61)62)58(3,4)5)65-56(60)48-46-44-42-40-38-36-34-32-29-25-23-21-19-17-15-13-11-9-7-2/h9,11,13,15,17,19,21,23-26,28-30,32,34,36,38,53-54H,6-8,10,12,14,16,18,20,22,27,31,33,35,37,39-52H2,1-5H3/b11-9+,15-13+,19-17+,23-21+,26-24+,29-25+,30-28+,34-32+,38-36+. The zero-order valence-electron chi connectivity index (χ0n) is 41.9. The Kier molecular flexibility index (Phi) is 43.6. The topological polar surface area (TPSA) is 102 Å². The Morgan fingerprint density at radius 2 is 0.923 bits per heavy atom. The minimum Gasteiger partial charge on any atom is -0.544 e. The SMILES string of the molecule is CC/C=C/C=C/C=C/C=C/C=C/C=C/C=C/CCCCCC(=O)OC(COCCC(C(=O)[O-])[N+](C)(C)C)COC(=O)CCCCCCCCC/C=C/C/C=C/CCCCCCCCCC. The first-order chi connectivity index (χ1) is 31.6. The average Bonchev–Trinajstić information content (AvgIpc) is 3.27. The van der Waals surface area contributed by atoms with Gasteiger partial charge in [0.1, 0.15) is 12.6 Å². The number of aliphatic carboxylic acids is 1. The third-order valence-corrected chi connectivity index (χ3v) is 10.8. The molecule has 368 valence electrons. The first-order valence-corrected chi connectivity index (χ1v) is 25.5. The predicted molar refractivity (Wildman–Crippen MR) is 272 cm³/mol. The molecule has 65 heavy (non-hydrogen) atoms. The van der Waals surface area contributed by atoms with Crippen LogP contribution in [0.2, 0.25) is 0 Å². The van der Waals surface area contributed by atoms with Gasteiger partial charge in [-0.3, -0.25) is 9.59 Å². The summed E-state index contributed by atoms with van der Waals surface area (Å²) in [7, 11) is 5.38. The lowest BCUT2D eigenvalue weighted by Crippen LogP contribution is -2.55. The maximum atomic E-state index is 12.8. The van der Waals surface area contributed by atoms with E-state index in [-0.39, 0.29) is 49.1 Å². The van der Waals surface area contributed by atoms with E-state index < -0.39 is 18.1 Å². The Morgan fingerprint density at radius 1 is 0.492 bits per heavy atom. The summed E-state index contributed by atoms with van der Waals surface area (Å²) in [4.78, 5) is 37.0. The van der Waals surface area contributed by atoms with E-state index in [1.54, 1.807) is 21.1 Å². The molecule has 0 aliphatic carbocycles. The largest absolute Gasteiger partial charge is 0.544 e. The molecule has 0 bridgehead atoms. The van der Waals surface area contributed by atoms with Crippen LogP contribution in [0.15, 0.2) is 109 Å². The van der Waals surface area contributed by atoms with Crippen LogP contribution in [0.4, 0.5) is 0 Å². The van der Waals surface area contributed by atoms with Crippen molar-refractivity contribution >= 4 is 17.9 Å². The fourth-order valence-corrected chi connectivity index (χ4v) is 6.91. The van der Waals surface area contributed by atoms with Crippen molar-refractivity contribution in [2.45, 2.75) is 193 Å². The number of allylic oxidation sites excluding steroid dienone is 18. The number of hydrogen-bond donors (Lipinski definition) is 0. The highest BCUT2D eigenvalue weighted by Gasteiger charge is 2.25. The Hall–Kier alpha value is -4.01. The highest BCUT2D eigenvalue weighted by molar-refractivity contribution is 5.70. The van der Waals surface area contributed by atoms with E-state index in [4.69, 9.17) is 14.2 Å². The second-order valence-electron chi connectivity index (χ2n) is 17.9. The molecule has 2 atom stereocenters. The van der Waals surface area contributed by atoms with Crippen molar-refractivity contribution in [3.05, 3.63) is 109 Å². The molecule has 0 amide bonds. The van der Waals surface area contributed by atoms with E-state index in [0.717, 1.165) is 57.8 Å². The summed E-state index contributed by atoms with van der Waals surface area (Å²) in [6.45, 7) is 4.45. The summed E-state index contributed by atoms with van der Waals surface area (Å²) >= 11 is 0. The molecular formula is C57H93NO7. The number of nitrogens with zero attached hydrogens (tertiary/aromatic N) is 1. The Bertz CT molecular complexity index is 1420. The minimum absolute atomic E-state index is 0.0117. The van der Waals surface area contributed by atoms with E-state index in [0.29, 0.717) is 12.8 Å². The van der Waals surface area contributed by atoms with Crippen LogP contribution in [0.25, 0.3) is 0 Å². The highest BCUT2D eigenvalue weighted by atomic mass is 16.6. The molecule has 0 radical (unpaired) electrons. The quantitative estimate of drug-likeness (QED) is 0.0197. The fraction of sp³-hybridized carbons (Fsp3) is 0.632. The van der Waals surface area contributed by atoms with E-state index in [9.17, 15) is 19.5 Å². The number of carbonyl (C=O) groups excluding carboxylic acids is 3.